The molecule has 2 saturated heterocycles. The molecule has 0 unspecified atom stereocenters. The van der Waals surface area contributed by atoms with Crippen LogP contribution < -0.4 is 10.6 Å². The molecule has 0 radical (unpaired) electrons. The van der Waals surface area contributed by atoms with Crippen LogP contribution >= 0.6 is 0 Å². The molecule has 4 N–H and O–H groups in total. The van der Waals surface area contributed by atoms with Gasteiger partial charge in [0, 0.05) is 45.2 Å². The summed E-state index contributed by atoms with van der Waals surface area (Å²) in [7, 11) is 0. The molecular weight excluding hydrogens is 488 g/mol. The van der Waals surface area contributed by atoms with E-state index in [1.807, 2.05) is 48.5 Å². The molecule has 0 spiro atoms. The second-order valence-corrected chi connectivity index (χ2v) is 11.7. The number of fused-ring (bicyclic) bond motifs is 6. The molecule has 3 aliphatic heterocycles. The molecule has 2 aromatic carbocycles. The number of amides is 2. The molecule has 7 heteroatoms. The third kappa shape index (κ3) is 3.75. The van der Waals surface area contributed by atoms with Crippen LogP contribution in [0.1, 0.15) is 56.5 Å². The molecule has 3 aliphatic rings. The van der Waals surface area contributed by atoms with E-state index in [-0.39, 0.29) is 23.9 Å². The summed E-state index contributed by atoms with van der Waals surface area (Å²) >= 11 is 0. The molecule has 39 heavy (non-hydrogen) atoms. The highest BCUT2D eigenvalue weighted by Crippen LogP contribution is 2.51. The first kappa shape index (κ1) is 25.2. The minimum Gasteiger partial charge on any atom is -0.381 e. The molecule has 0 aliphatic carbocycles. The van der Waals surface area contributed by atoms with Crippen molar-refractivity contribution >= 4 is 34.5 Å². The number of carbonyl (C=O) groups excluding carboxylic acids is 2. The smallest absolute Gasteiger partial charge is 0.272 e. The molecule has 3 atom stereocenters. The second-order valence-electron chi connectivity index (χ2n) is 11.7. The average molecular weight is 523 g/mol. The lowest BCUT2D eigenvalue weighted by atomic mass is 9.86. The van der Waals surface area contributed by atoms with Crippen LogP contribution in [0.5, 0.6) is 0 Å². The number of nitrogens with zero attached hydrogens (tertiary/aromatic N) is 1. The van der Waals surface area contributed by atoms with Gasteiger partial charge in [0.1, 0.15) is 23.5 Å². The number of rotatable bonds is 5. The number of H-pyrrole nitrogens is 1. The number of aromatic amines is 1. The lowest BCUT2D eigenvalue weighted by Gasteiger charge is -2.35. The van der Waals surface area contributed by atoms with E-state index in [2.05, 4.69) is 56.0 Å². The number of hydrogen-bond acceptors (Lipinski definition) is 4. The van der Waals surface area contributed by atoms with E-state index in [9.17, 15) is 14.7 Å². The number of carbonyl (C=O) groups is 2. The predicted molar refractivity (Wildman–Crippen MR) is 154 cm³/mol. The van der Waals surface area contributed by atoms with Gasteiger partial charge in [0.15, 0.2) is 0 Å². The number of allylic oxidation sites excluding steroid dienone is 3. The van der Waals surface area contributed by atoms with Crippen molar-refractivity contribution in [2.75, 3.05) is 5.32 Å². The predicted octanol–water partition coefficient (Wildman–Crippen LogP) is 4.85. The van der Waals surface area contributed by atoms with Crippen molar-refractivity contribution in [3.63, 3.8) is 0 Å². The highest BCUT2D eigenvalue weighted by molar-refractivity contribution is 6.09. The maximum Gasteiger partial charge on any atom is 0.272 e. The summed E-state index contributed by atoms with van der Waals surface area (Å²) in [4.78, 5) is 32.4. The van der Waals surface area contributed by atoms with Crippen molar-refractivity contribution in [2.45, 2.75) is 63.8 Å². The number of anilines is 1. The van der Waals surface area contributed by atoms with Crippen molar-refractivity contribution in [3.05, 3.63) is 94.8 Å². The first-order chi connectivity index (χ1) is 18.5. The lowest BCUT2D eigenvalue weighted by Crippen LogP contribution is -2.58. The van der Waals surface area contributed by atoms with Crippen molar-refractivity contribution in [1.82, 2.24) is 15.2 Å². The maximum absolute atomic E-state index is 14.0. The maximum atomic E-state index is 14.0. The Morgan fingerprint density at radius 2 is 1.95 bits per heavy atom. The van der Waals surface area contributed by atoms with Gasteiger partial charge in [0.05, 0.1) is 0 Å². The Kier molecular flexibility index (Phi) is 5.63. The van der Waals surface area contributed by atoms with E-state index in [0.29, 0.717) is 6.42 Å². The molecule has 7 nitrogen and oxygen atoms in total. The highest BCUT2D eigenvalue weighted by Gasteiger charge is 2.62. The van der Waals surface area contributed by atoms with Gasteiger partial charge in [-0.2, -0.15) is 0 Å². The molecule has 1 aromatic heterocycles. The molecular formula is C32H34N4O3. The van der Waals surface area contributed by atoms with Gasteiger partial charge in [-0.15, -0.1) is 6.58 Å². The van der Waals surface area contributed by atoms with Gasteiger partial charge < -0.3 is 25.6 Å². The average Bonchev–Trinajstić information content (AvgIpc) is 3.52. The Morgan fingerprint density at radius 3 is 2.69 bits per heavy atom. The molecule has 0 bridgehead atoms. The molecule has 2 amide bonds. The number of nitrogens with one attached hydrogen (secondary N) is 3. The Balaban J connectivity index is 1.42. The summed E-state index contributed by atoms with van der Waals surface area (Å²) in [6.45, 7) is 12.2. The van der Waals surface area contributed by atoms with Crippen LogP contribution in [0.2, 0.25) is 0 Å². The third-order valence-electron chi connectivity index (χ3n) is 8.41. The van der Waals surface area contributed by atoms with Gasteiger partial charge in [0.2, 0.25) is 5.91 Å². The second kappa shape index (κ2) is 8.71. The first-order valence-corrected chi connectivity index (χ1v) is 13.4. The number of piperazine rings is 1. The fourth-order valence-electron chi connectivity index (χ4n) is 6.17. The third-order valence-corrected chi connectivity index (χ3v) is 8.41. The van der Waals surface area contributed by atoms with Crippen LogP contribution in [-0.2, 0) is 27.0 Å². The van der Waals surface area contributed by atoms with Crippen molar-refractivity contribution in [3.8, 4) is 0 Å². The SMILES string of the molecule is C=CC(C)(C)c1[nH]c2ccccc2c1/C=C1\NC(=O)[C@@H]2C[C@]3(O)c4cccc(CC=C(C)C)c4N[C@@H]3N2C1=O. The van der Waals surface area contributed by atoms with Crippen molar-refractivity contribution in [2.24, 2.45) is 0 Å². The largest absolute Gasteiger partial charge is 0.381 e. The van der Waals surface area contributed by atoms with Gasteiger partial charge >= 0.3 is 0 Å². The first-order valence-electron chi connectivity index (χ1n) is 13.4. The normalized spacial score (nSPS) is 24.7. The van der Waals surface area contributed by atoms with Crippen LogP contribution in [0.3, 0.4) is 0 Å². The lowest BCUT2D eigenvalue weighted by molar-refractivity contribution is -0.142. The number of hydrogen-bond donors (Lipinski definition) is 4. The van der Waals surface area contributed by atoms with Crippen LogP contribution in [0, 0.1) is 0 Å². The van der Waals surface area contributed by atoms with Gasteiger partial charge in [-0.25, -0.2) is 0 Å². The van der Waals surface area contributed by atoms with Crippen molar-refractivity contribution < 1.29 is 14.7 Å². The fraction of sp³-hybridized carbons (Fsp3) is 0.312. The van der Waals surface area contributed by atoms with Crippen LogP contribution in [0.15, 0.2) is 72.5 Å². The van der Waals surface area contributed by atoms with E-state index >= 15 is 0 Å². The van der Waals surface area contributed by atoms with Crippen LogP contribution in [0.25, 0.3) is 17.0 Å². The van der Waals surface area contributed by atoms with E-state index in [1.54, 1.807) is 6.08 Å². The molecule has 0 saturated carbocycles. The topological polar surface area (TPSA) is 97.5 Å². The summed E-state index contributed by atoms with van der Waals surface area (Å²) in [5.41, 5.74) is 4.94. The summed E-state index contributed by atoms with van der Waals surface area (Å²) in [5.74, 6) is -0.614. The Labute approximate surface area is 228 Å². The van der Waals surface area contributed by atoms with E-state index in [0.717, 1.165) is 39.0 Å². The number of aliphatic hydroxyl groups is 1. The Bertz CT molecular complexity index is 1610. The highest BCUT2D eigenvalue weighted by atomic mass is 16.3. The molecule has 3 aromatic rings. The summed E-state index contributed by atoms with van der Waals surface area (Å²) < 4.78 is 0. The summed E-state index contributed by atoms with van der Waals surface area (Å²) in [6.07, 6.45) is 5.88. The molecule has 2 fully saturated rings. The fourth-order valence-corrected chi connectivity index (χ4v) is 6.17. The van der Waals surface area contributed by atoms with Gasteiger partial charge in [-0.3, -0.25) is 9.59 Å². The number of benzene rings is 2. The summed E-state index contributed by atoms with van der Waals surface area (Å²) in [6, 6.07) is 13.0. The summed E-state index contributed by atoms with van der Waals surface area (Å²) in [5, 5.41) is 19.2. The minimum atomic E-state index is -1.36. The van der Waals surface area contributed by atoms with E-state index < -0.39 is 23.2 Å². The van der Waals surface area contributed by atoms with Gasteiger partial charge in [-0.1, -0.05) is 68.0 Å². The zero-order valence-corrected chi connectivity index (χ0v) is 22.8. The van der Waals surface area contributed by atoms with Crippen molar-refractivity contribution in [1.29, 1.82) is 0 Å². The van der Waals surface area contributed by atoms with Crippen LogP contribution in [0.4, 0.5) is 5.69 Å². The van der Waals surface area contributed by atoms with Crippen LogP contribution in [-0.4, -0.2) is 39.0 Å². The molecule has 4 heterocycles. The Hall–Kier alpha value is -4.10. The van der Waals surface area contributed by atoms with Gasteiger partial charge in [-0.05, 0) is 38.0 Å². The van der Waals surface area contributed by atoms with E-state index in [1.165, 1.54) is 10.5 Å². The Morgan fingerprint density at radius 1 is 1.18 bits per heavy atom. The minimum absolute atomic E-state index is 0.135. The molecule has 6 rings (SSSR count). The van der Waals surface area contributed by atoms with Gasteiger partial charge in [0.25, 0.3) is 5.91 Å². The quantitative estimate of drug-likeness (QED) is 0.284. The zero-order chi connectivity index (χ0) is 27.7. The number of aromatic nitrogens is 1. The van der Waals surface area contributed by atoms with E-state index in [4.69, 9.17) is 0 Å². The monoisotopic (exact) mass is 522 g/mol. The standard InChI is InChI=1S/C32H34N4O3/c1-6-31(4,5)27-21(20-11-7-8-13-23(20)33-27)16-24-29(38)36-25(28(37)34-24)17-32(39)22-12-9-10-19(15-14-18(2)3)26(22)35-30(32)36/h6-14,16,25,30,33,35,39H,1,15,17H2,2-5H3,(H,34,37)/b24-16-/t25-,30+,32-/m0/s1. The zero-order valence-electron chi connectivity index (χ0n) is 22.8. The molecule has 200 valence electrons. The number of para-hydroxylation sites is 2.